The molecule has 0 atom stereocenters. The van der Waals surface area contributed by atoms with Gasteiger partial charge in [0, 0.05) is 0 Å². The Morgan fingerprint density at radius 1 is 1.50 bits per heavy atom. The number of nitrogens with zero attached hydrogens (tertiary/aromatic N) is 1. The average Bonchev–Trinajstić information content (AvgIpc) is 2.32. The molecule has 0 fully saturated rings. The molecule has 2 heterocycles. The van der Waals surface area contributed by atoms with E-state index in [1.54, 1.807) is 6.92 Å². The number of aryl methyl sites for hydroxylation is 2. The van der Waals surface area contributed by atoms with Crippen molar-refractivity contribution >= 4 is 9.84 Å². The molecule has 0 aromatic carbocycles. The zero-order chi connectivity index (χ0) is 8.77. The third-order valence-corrected chi connectivity index (χ3v) is 4.09. The van der Waals surface area contributed by atoms with Gasteiger partial charge in [-0.25, -0.2) is 8.42 Å². The minimum Gasteiger partial charge on any atom is -0.281 e. The highest BCUT2D eigenvalue weighted by Crippen LogP contribution is 2.25. The van der Waals surface area contributed by atoms with Crippen molar-refractivity contribution in [3.8, 4) is 0 Å². The van der Waals surface area contributed by atoms with Crippen LogP contribution in [-0.2, 0) is 16.3 Å². The van der Waals surface area contributed by atoms with Crippen LogP contribution in [0.1, 0.15) is 17.8 Å². The lowest BCUT2D eigenvalue weighted by Crippen LogP contribution is -2.15. The summed E-state index contributed by atoms with van der Waals surface area (Å²) < 4.78 is 23.0. The second-order valence-corrected chi connectivity index (χ2v) is 5.09. The van der Waals surface area contributed by atoms with Gasteiger partial charge in [0.15, 0.2) is 9.84 Å². The molecule has 1 aliphatic rings. The average molecular weight is 186 g/mol. The molecule has 0 radical (unpaired) electrons. The van der Waals surface area contributed by atoms with Crippen molar-refractivity contribution in [2.45, 2.75) is 24.7 Å². The fourth-order valence-corrected chi connectivity index (χ4v) is 3.33. The van der Waals surface area contributed by atoms with E-state index >= 15 is 0 Å². The first kappa shape index (κ1) is 7.79. The van der Waals surface area contributed by atoms with Crippen molar-refractivity contribution in [3.63, 3.8) is 0 Å². The fourth-order valence-electron chi connectivity index (χ4n) is 1.58. The summed E-state index contributed by atoms with van der Waals surface area (Å²) >= 11 is 0. The summed E-state index contributed by atoms with van der Waals surface area (Å²) in [4.78, 5) is 0.439. The Labute approximate surface area is 70.9 Å². The van der Waals surface area contributed by atoms with E-state index in [1.807, 2.05) is 0 Å². The number of aromatic amines is 1. The predicted octanol–water partition coefficient (Wildman–Crippen LogP) is 0.438. The van der Waals surface area contributed by atoms with Gasteiger partial charge in [0.05, 0.1) is 17.1 Å². The molecule has 0 amide bonds. The van der Waals surface area contributed by atoms with Gasteiger partial charge in [-0.15, -0.1) is 0 Å². The smallest absolute Gasteiger partial charge is 0.182 e. The minimum absolute atomic E-state index is 0.264. The summed E-state index contributed by atoms with van der Waals surface area (Å²) in [6.07, 6.45) is 1.47. The molecule has 1 aliphatic heterocycles. The quantitative estimate of drug-likeness (QED) is 0.639. The predicted molar refractivity (Wildman–Crippen MR) is 43.7 cm³/mol. The van der Waals surface area contributed by atoms with E-state index in [1.165, 1.54) is 0 Å². The summed E-state index contributed by atoms with van der Waals surface area (Å²) in [5.41, 5.74) is 1.38. The largest absolute Gasteiger partial charge is 0.281 e. The Hall–Kier alpha value is -0.840. The number of sulfone groups is 1. The Kier molecular flexibility index (Phi) is 1.51. The van der Waals surface area contributed by atoms with Gasteiger partial charge in [0.1, 0.15) is 4.90 Å². The Balaban J connectivity index is 2.72. The van der Waals surface area contributed by atoms with Crippen molar-refractivity contribution in [2.75, 3.05) is 5.75 Å². The molecule has 0 spiro atoms. The second-order valence-electron chi connectivity index (χ2n) is 3.05. The van der Waals surface area contributed by atoms with E-state index in [-0.39, 0.29) is 5.75 Å². The molecular formula is C7H10N2O2S. The van der Waals surface area contributed by atoms with Gasteiger partial charge in [0.2, 0.25) is 0 Å². The lowest BCUT2D eigenvalue weighted by Gasteiger charge is -2.10. The second kappa shape index (κ2) is 2.32. The van der Waals surface area contributed by atoms with Crippen LogP contribution in [0.25, 0.3) is 0 Å². The van der Waals surface area contributed by atoms with Gasteiger partial charge >= 0.3 is 0 Å². The Morgan fingerprint density at radius 2 is 2.25 bits per heavy atom. The number of hydrogen-bond acceptors (Lipinski definition) is 3. The highest BCUT2D eigenvalue weighted by Gasteiger charge is 2.27. The van der Waals surface area contributed by atoms with Crippen LogP contribution in [0.5, 0.6) is 0 Å². The Morgan fingerprint density at radius 3 is 2.92 bits per heavy atom. The van der Waals surface area contributed by atoms with Gasteiger partial charge in [-0.3, -0.25) is 5.10 Å². The molecule has 0 unspecified atom stereocenters. The highest BCUT2D eigenvalue weighted by atomic mass is 32.2. The van der Waals surface area contributed by atoms with Crippen molar-refractivity contribution in [2.24, 2.45) is 0 Å². The molecule has 0 aliphatic carbocycles. The van der Waals surface area contributed by atoms with Crippen LogP contribution in [0.2, 0.25) is 0 Å². The summed E-state index contributed by atoms with van der Waals surface area (Å²) in [6.45, 7) is 1.74. The molecule has 12 heavy (non-hydrogen) atoms. The van der Waals surface area contributed by atoms with E-state index in [0.717, 1.165) is 6.42 Å². The van der Waals surface area contributed by atoms with Crippen LogP contribution in [0.4, 0.5) is 0 Å². The van der Waals surface area contributed by atoms with Gasteiger partial charge in [-0.05, 0) is 19.8 Å². The number of aromatic nitrogens is 2. The molecule has 0 saturated carbocycles. The van der Waals surface area contributed by atoms with Gasteiger partial charge < -0.3 is 0 Å². The van der Waals surface area contributed by atoms with E-state index in [2.05, 4.69) is 10.2 Å². The normalized spacial score (nSPS) is 20.4. The zero-order valence-electron chi connectivity index (χ0n) is 6.79. The van der Waals surface area contributed by atoms with Gasteiger partial charge in [-0.2, -0.15) is 5.10 Å². The fraction of sp³-hybridized carbons (Fsp3) is 0.571. The van der Waals surface area contributed by atoms with Crippen LogP contribution in [-0.4, -0.2) is 24.4 Å². The number of hydrogen-bond donors (Lipinski definition) is 1. The molecule has 4 nitrogen and oxygen atoms in total. The van der Waals surface area contributed by atoms with Crippen LogP contribution in [0.15, 0.2) is 4.90 Å². The molecule has 66 valence electrons. The summed E-state index contributed by atoms with van der Waals surface area (Å²) in [7, 11) is -3.02. The van der Waals surface area contributed by atoms with E-state index < -0.39 is 9.84 Å². The van der Waals surface area contributed by atoms with Crippen LogP contribution < -0.4 is 0 Å². The summed E-state index contributed by atoms with van der Waals surface area (Å²) in [5.74, 6) is 0.264. The first-order chi connectivity index (χ1) is 5.61. The maximum atomic E-state index is 11.5. The monoisotopic (exact) mass is 186 g/mol. The SMILES string of the molecule is Cc1[nH]nc2c1S(=O)(=O)CCC2. The van der Waals surface area contributed by atoms with Gasteiger partial charge in [0.25, 0.3) is 0 Å². The van der Waals surface area contributed by atoms with E-state index in [9.17, 15) is 8.42 Å². The number of H-pyrrole nitrogens is 1. The first-order valence-electron chi connectivity index (χ1n) is 3.88. The maximum Gasteiger partial charge on any atom is 0.182 e. The van der Waals surface area contributed by atoms with Crippen molar-refractivity contribution in [1.29, 1.82) is 0 Å². The van der Waals surface area contributed by atoms with Crippen molar-refractivity contribution in [3.05, 3.63) is 11.4 Å². The Bertz CT molecular complexity index is 405. The molecule has 2 rings (SSSR count). The third kappa shape index (κ3) is 0.964. The van der Waals surface area contributed by atoms with Crippen LogP contribution in [0.3, 0.4) is 0 Å². The number of rotatable bonds is 0. The molecule has 1 N–H and O–H groups in total. The molecule has 5 heteroatoms. The van der Waals surface area contributed by atoms with Crippen LogP contribution >= 0.6 is 0 Å². The van der Waals surface area contributed by atoms with E-state index in [0.29, 0.717) is 22.7 Å². The number of nitrogens with one attached hydrogen (secondary N) is 1. The first-order valence-corrected chi connectivity index (χ1v) is 5.53. The molecule has 0 saturated heterocycles. The maximum absolute atomic E-state index is 11.5. The molecular weight excluding hydrogens is 176 g/mol. The molecule has 0 bridgehead atoms. The topological polar surface area (TPSA) is 62.8 Å². The zero-order valence-corrected chi connectivity index (χ0v) is 7.61. The molecule has 1 aromatic heterocycles. The van der Waals surface area contributed by atoms with Gasteiger partial charge in [-0.1, -0.05) is 0 Å². The summed E-state index contributed by atoms with van der Waals surface area (Å²) in [6, 6.07) is 0. The molecule has 1 aromatic rings. The summed E-state index contributed by atoms with van der Waals surface area (Å²) in [5, 5.41) is 6.65. The van der Waals surface area contributed by atoms with E-state index in [4.69, 9.17) is 0 Å². The number of fused-ring (bicyclic) bond motifs is 1. The standard InChI is InChI=1S/C7H10N2O2S/c1-5-7-6(9-8-5)3-2-4-12(7,10)11/h2-4H2,1H3,(H,8,9). The lowest BCUT2D eigenvalue weighted by atomic mass is 10.2. The van der Waals surface area contributed by atoms with Crippen molar-refractivity contribution in [1.82, 2.24) is 10.2 Å². The highest BCUT2D eigenvalue weighted by molar-refractivity contribution is 7.91. The third-order valence-electron chi connectivity index (χ3n) is 2.10. The lowest BCUT2D eigenvalue weighted by molar-refractivity contribution is 0.585. The minimum atomic E-state index is -3.02. The van der Waals surface area contributed by atoms with Crippen LogP contribution in [0, 0.1) is 6.92 Å². The van der Waals surface area contributed by atoms with Crippen molar-refractivity contribution < 1.29 is 8.42 Å².